The van der Waals surface area contributed by atoms with E-state index in [9.17, 15) is 10.1 Å². The molecule has 7 nitrogen and oxygen atoms in total. The van der Waals surface area contributed by atoms with Crippen molar-refractivity contribution in [3.63, 3.8) is 0 Å². The molecule has 0 saturated carbocycles. The van der Waals surface area contributed by atoms with Crippen molar-refractivity contribution in [3.05, 3.63) is 40.4 Å². The van der Waals surface area contributed by atoms with Gasteiger partial charge in [-0.3, -0.25) is 0 Å². The third kappa shape index (κ3) is 2.45. The maximum Gasteiger partial charge on any atom is 0.364 e. The minimum Gasteiger partial charge on any atom is -0.492 e. The fourth-order valence-electron chi connectivity index (χ4n) is 2.10. The van der Waals surface area contributed by atoms with Gasteiger partial charge in [0.15, 0.2) is 17.2 Å². The smallest absolute Gasteiger partial charge is 0.364 e. The van der Waals surface area contributed by atoms with Gasteiger partial charge in [-0.15, -0.1) is 0 Å². The largest absolute Gasteiger partial charge is 0.492 e. The molecule has 0 radical (unpaired) electrons. The number of fused-ring (bicyclic) bond motifs is 1. The molecule has 0 N–H and O–H groups in total. The highest BCUT2D eigenvalue weighted by atomic mass is 16.6. The van der Waals surface area contributed by atoms with E-state index in [2.05, 4.69) is 4.98 Å². The van der Waals surface area contributed by atoms with E-state index < -0.39 is 4.92 Å². The summed E-state index contributed by atoms with van der Waals surface area (Å²) < 4.78 is 16.2. The van der Waals surface area contributed by atoms with E-state index in [4.69, 9.17) is 14.2 Å². The third-order valence-corrected chi connectivity index (χ3v) is 3.07. The second kappa shape index (κ2) is 5.28. The molecule has 0 unspecified atom stereocenters. The molecule has 0 amide bonds. The van der Waals surface area contributed by atoms with Gasteiger partial charge in [0, 0.05) is 11.6 Å². The van der Waals surface area contributed by atoms with Gasteiger partial charge < -0.3 is 24.3 Å². The van der Waals surface area contributed by atoms with Crippen LogP contribution in [0.15, 0.2) is 30.3 Å². The Morgan fingerprint density at radius 1 is 1.19 bits per heavy atom. The van der Waals surface area contributed by atoms with Crippen LogP contribution in [-0.4, -0.2) is 30.2 Å². The molecule has 0 saturated heterocycles. The summed E-state index contributed by atoms with van der Waals surface area (Å²) >= 11 is 0. The topological polar surface area (TPSA) is 83.7 Å². The fourth-order valence-corrected chi connectivity index (χ4v) is 2.10. The molecule has 1 aromatic heterocycles. The van der Waals surface area contributed by atoms with Crippen LogP contribution in [0.4, 0.5) is 5.82 Å². The van der Waals surface area contributed by atoms with Gasteiger partial charge in [0.25, 0.3) is 0 Å². The monoisotopic (exact) mass is 288 g/mol. The van der Waals surface area contributed by atoms with Crippen LogP contribution in [0.5, 0.6) is 17.2 Å². The number of ether oxygens (including phenoxy) is 3. The molecule has 3 rings (SSSR count). The Bertz CT molecular complexity index is 702. The maximum absolute atomic E-state index is 10.9. The van der Waals surface area contributed by atoms with Gasteiger partial charge in [0.2, 0.25) is 5.69 Å². The minimum atomic E-state index is -0.541. The van der Waals surface area contributed by atoms with E-state index in [1.165, 1.54) is 19.2 Å². The lowest BCUT2D eigenvalue weighted by Gasteiger charge is -2.18. The van der Waals surface area contributed by atoms with Crippen molar-refractivity contribution in [1.82, 2.24) is 4.98 Å². The van der Waals surface area contributed by atoms with Gasteiger partial charge in [-0.1, -0.05) is 0 Å². The lowest BCUT2D eigenvalue weighted by atomic mass is 10.1. The van der Waals surface area contributed by atoms with Crippen molar-refractivity contribution in [1.29, 1.82) is 0 Å². The van der Waals surface area contributed by atoms with Crippen LogP contribution in [0, 0.1) is 10.1 Å². The molecule has 21 heavy (non-hydrogen) atoms. The quantitative estimate of drug-likeness (QED) is 0.637. The lowest BCUT2D eigenvalue weighted by Crippen LogP contribution is -2.15. The van der Waals surface area contributed by atoms with E-state index in [0.29, 0.717) is 41.7 Å². The highest BCUT2D eigenvalue weighted by molar-refractivity contribution is 5.70. The number of benzene rings is 1. The Morgan fingerprint density at radius 3 is 2.67 bits per heavy atom. The predicted octanol–water partition coefficient (Wildman–Crippen LogP) is 2.44. The van der Waals surface area contributed by atoms with Crippen LogP contribution in [0.3, 0.4) is 0 Å². The molecule has 0 bridgehead atoms. The summed E-state index contributed by atoms with van der Waals surface area (Å²) in [6, 6.07) is 8.09. The zero-order chi connectivity index (χ0) is 14.8. The predicted molar refractivity (Wildman–Crippen MR) is 73.9 cm³/mol. The highest BCUT2D eigenvalue weighted by Gasteiger charge is 2.20. The summed E-state index contributed by atoms with van der Waals surface area (Å²) in [7, 11) is 1.49. The molecule has 108 valence electrons. The van der Waals surface area contributed by atoms with Crippen LogP contribution in [-0.2, 0) is 0 Å². The zero-order valence-electron chi connectivity index (χ0n) is 11.2. The van der Waals surface area contributed by atoms with Gasteiger partial charge in [-0.2, -0.15) is 0 Å². The van der Waals surface area contributed by atoms with E-state index in [1.54, 1.807) is 18.2 Å². The van der Waals surface area contributed by atoms with Crippen molar-refractivity contribution in [2.75, 3.05) is 20.3 Å². The summed E-state index contributed by atoms with van der Waals surface area (Å²) in [5.41, 5.74) is 1.06. The number of nitro groups is 1. The van der Waals surface area contributed by atoms with Crippen LogP contribution in [0.1, 0.15) is 0 Å². The molecule has 0 atom stereocenters. The Balaban J connectivity index is 2.10. The Morgan fingerprint density at radius 2 is 1.95 bits per heavy atom. The lowest BCUT2D eigenvalue weighted by molar-refractivity contribution is -0.389. The van der Waals surface area contributed by atoms with E-state index >= 15 is 0 Å². The Hall–Kier alpha value is -2.83. The maximum atomic E-state index is 10.9. The number of pyridine rings is 1. The normalized spacial score (nSPS) is 12.8. The molecule has 1 aliphatic heterocycles. The summed E-state index contributed by atoms with van der Waals surface area (Å²) in [5, 5.41) is 10.9. The number of aromatic nitrogens is 1. The molecule has 1 aromatic carbocycles. The molecule has 2 heterocycles. The molecule has 7 heteroatoms. The number of rotatable bonds is 3. The highest BCUT2D eigenvalue weighted by Crippen LogP contribution is 2.37. The molecule has 0 fully saturated rings. The average molecular weight is 288 g/mol. The summed E-state index contributed by atoms with van der Waals surface area (Å²) in [4.78, 5) is 14.4. The minimum absolute atomic E-state index is 0.235. The average Bonchev–Trinajstić information content (AvgIpc) is 2.53. The Labute approximate surface area is 120 Å². The van der Waals surface area contributed by atoms with Crippen LogP contribution >= 0.6 is 0 Å². The first-order valence-electron chi connectivity index (χ1n) is 6.28. The first-order valence-corrected chi connectivity index (χ1v) is 6.28. The van der Waals surface area contributed by atoms with E-state index in [0.717, 1.165) is 0 Å². The first-order chi connectivity index (χ1) is 10.2. The van der Waals surface area contributed by atoms with Crippen molar-refractivity contribution >= 4 is 5.82 Å². The van der Waals surface area contributed by atoms with Crippen LogP contribution in [0.2, 0.25) is 0 Å². The van der Waals surface area contributed by atoms with Gasteiger partial charge in [-0.25, -0.2) is 0 Å². The number of hydrogen-bond acceptors (Lipinski definition) is 6. The van der Waals surface area contributed by atoms with Crippen molar-refractivity contribution < 1.29 is 19.1 Å². The van der Waals surface area contributed by atoms with Gasteiger partial charge in [-0.05, 0) is 34.2 Å². The number of nitrogens with zero attached hydrogens (tertiary/aromatic N) is 2. The standard InChI is InChI=1S/C14H12N2O5/c1-19-11-4-5-13(16(17)18)15-14(11)9-2-3-10-12(8-9)21-7-6-20-10/h2-5,8H,6-7H2,1H3. The van der Waals surface area contributed by atoms with E-state index in [-0.39, 0.29) is 5.82 Å². The molecule has 0 aliphatic carbocycles. The number of hydrogen-bond donors (Lipinski definition) is 0. The van der Waals surface area contributed by atoms with Crippen molar-refractivity contribution in [2.24, 2.45) is 0 Å². The molecule has 1 aliphatic rings. The molecule has 2 aromatic rings. The fraction of sp³-hybridized carbons (Fsp3) is 0.214. The van der Waals surface area contributed by atoms with Gasteiger partial charge in [0.05, 0.1) is 7.11 Å². The summed E-state index contributed by atoms with van der Waals surface area (Å²) in [6.45, 7) is 0.973. The molecular weight excluding hydrogens is 276 g/mol. The Kier molecular flexibility index (Phi) is 3.31. The van der Waals surface area contributed by atoms with E-state index in [1.807, 2.05) is 0 Å². The van der Waals surface area contributed by atoms with Gasteiger partial charge in [0.1, 0.15) is 13.2 Å². The number of methoxy groups -OCH3 is 1. The van der Waals surface area contributed by atoms with Crippen LogP contribution < -0.4 is 14.2 Å². The second-order valence-electron chi connectivity index (χ2n) is 4.34. The van der Waals surface area contributed by atoms with Crippen LogP contribution in [0.25, 0.3) is 11.3 Å². The third-order valence-electron chi connectivity index (χ3n) is 3.07. The first kappa shape index (κ1) is 13.2. The summed E-state index contributed by atoms with van der Waals surface area (Å²) in [6.07, 6.45) is 0. The molecular formula is C14H12N2O5. The SMILES string of the molecule is COc1ccc([N+](=O)[O-])nc1-c1ccc2c(c1)OCCO2. The van der Waals surface area contributed by atoms with Gasteiger partial charge >= 0.3 is 5.82 Å². The zero-order valence-corrected chi connectivity index (χ0v) is 11.2. The van der Waals surface area contributed by atoms with Crippen molar-refractivity contribution in [3.8, 4) is 28.5 Å². The summed E-state index contributed by atoms with van der Waals surface area (Å²) in [5.74, 6) is 1.46. The second-order valence-corrected chi connectivity index (χ2v) is 4.34. The van der Waals surface area contributed by atoms with Crippen molar-refractivity contribution in [2.45, 2.75) is 0 Å². The molecule has 0 spiro atoms.